The first-order valence-electron chi connectivity index (χ1n) is 8.86. The molecule has 0 aliphatic carbocycles. The Kier molecular flexibility index (Phi) is 5.84. The van der Waals surface area contributed by atoms with E-state index in [9.17, 15) is 9.90 Å². The van der Waals surface area contributed by atoms with Gasteiger partial charge in [-0.3, -0.25) is 9.69 Å². The van der Waals surface area contributed by atoms with Crippen LogP contribution in [0.5, 0.6) is 11.5 Å². The van der Waals surface area contributed by atoms with Crippen LogP contribution in [0.1, 0.15) is 34.3 Å². The molecule has 1 fully saturated rings. The highest BCUT2D eigenvalue weighted by atomic mass is 35.5. The number of rotatable bonds is 5. The number of carbonyl (C=O) groups excluding carboxylic acids is 1. The Hall–Kier alpha value is -2.04. The molecule has 1 aliphatic rings. The number of likely N-dealkylation sites (tertiary alicyclic amines) is 1. The fourth-order valence-electron chi connectivity index (χ4n) is 3.64. The van der Waals surface area contributed by atoms with Crippen LogP contribution in [0.4, 0.5) is 0 Å². The topological polar surface area (TPSA) is 49.8 Å². The van der Waals surface area contributed by atoms with E-state index in [4.69, 9.17) is 16.3 Å². The largest absolute Gasteiger partial charge is 0.508 e. The first kappa shape index (κ1) is 18.7. The van der Waals surface area contributed by atoms with Crippen molar-refractivity contribution >= 4 is 17.4 Å². The summed E-state index contributed by atoms with van der Waals surface area (Å²) in [5.41, 5.74) is 2.71. The Balaban J connectivity index is 1.72. The summed E-state index contributed by atoms with van der Waals surface area (Å²) in [5, 5.41) is 10.3. The van der Waals surface area contributed by atoms with Crippen LogP contribution in [0.3, 0.4) is 0 Å². The highest BCUT2D eigenvalue weighted by Crippen LogP contribution is 2.28. The van der Waals surface area contributed by atoms with E-state index in [1.165, 1.54) is 0 Å². The third kappa shape index (κ3) is 4.19. The summed E-state index contributed by atoms with van der Waals surface area (Å²) in [6, 6.07) is 10.6. The second-order valence-electron chi connectivity index (χ2n) is 6.89. The molecule has 1 heterocycles. The van der Waals surface area contributed by atoms with E-state index in [1.807, 2.05) is 25.1 Å². The number of ether oxygens (including phenoxy) is 1. The molecule has 2 aromatic carbocycles. The van der Waals surface area contributed by atoms with Gasteiger partial charge in [0.2, 0.25) is 0 Å². The minimum atomic E-state index is -0.00765. The maximum Gasteiger partial charge on any atom is 0.167 e. The van der Waals surface area contributed by atoms with E-state index in [-0.39, 0.29) is 17.5 Å². The van der Waals surface area contributed by atoms with Crippen molar-refractivity contribution in [1.29, 1.82) is 0 Å². The summed E-state index contributed by atoms with van der Waals surface area (Å²) in [6.45, 7) is 4.31. The van der Waals surface area contributed by atoms with Crippen LogP contribution in [-0.4, -0.2) is 36.0 Å². The fourth-order valence-corrected chi connectivity index (χ4v) is 3.87. The Bertz CT molecular complexity index is 806. The van der Waals surface area contributed by atoms with Gasteiger partial charge in [-0.15, -0.1) is 0 Å². The predicted molar refractivity (Wildman–Crippen MR) is 103 cm³/mol. The lowest BCUT2D eigenvalue weighted by molar-refractivity contribution is 0.0810. The van der Waals surface area contributed by atoms with E-state index >= 15 is 0 Å². The number of carbonyl (C=O) groups is 1. The van der Waals surface area contributed by atoms with Gasteiger partial charge in [0, 0.05) is 41.2 Å². The number of nitrogens with zero attached hydrogens (tertiary/aromatic N) is 1. The molecule has 0 spiro atoms. The number of aryl methyl sites for hydroxylation is 1. The van der Waals surface area contributed by atoms with Crippen LogP contribution in [0, 0.1) is 12.8 Å². The van der Waals surface area contributed by atoms with Crippen molar-refractivity contribution < 1.29 is 14.6 Å². The number of hydrogen-bond donors (Lipinski definition) is 1. The number of aromatic hydroxyl groups is 1. The molecule has 4 nitrogen and oxygen atoms in total. The second-order valence-corrected chi connectivity index (χ2v) is 7.33. The molecule has 0 amide bonds. The number of hydrogen-bond acceptors (Lipinski definition) is 4. The van der Waals surface area contributed by atoms with Crippen molar-refractivity contribution in [3.63, 3.8) is 0 Å². The summed E-state index contributed by atoms with van der Waals surface area (Å²) in [5.74, 6) is 1.05. The average molecular weight is 374 g/mol. The number of phenols is 1. The monoisotopic (exact) mass is 373 g/mol. The van der Waals surface area contributed by atoms with Gasteiger partial charge in [-0.25, -0.2) is 0 Å². The van der Waals surface area contributed by atoms with E-state index in [0.29, 0.717) is 17.3 Å². The SMILES string of the molecule is COc1cc(O)ccc1CN1CCC[C@H](C(=O)c2ccc(Cl)cc2C)C1. The van der Waals surface area contributed by atoms with Crippen molar-refractivity contribution in [2.75, 3.05) is 20.2 Å². The third-order valence-corrected chi connectivity index (χ3v) is 5.23. The molecule has 0 aromatic heterocycles. The number of piperidine rings is 1. The van der Waals surface area contributed by atoms with Crippen LogP contribution in [0.2, 0.25) is 5.02 Å². The summed E-state index contributed by atoms with van der Waals surface area (Å²) >= 11 is 6.01. The zero-order chi connectivity index (χ0) is 18.7. The third-order valence-electron chi connectivity index (χ3n) is 4.99. The number of phenolic OH excluding ortho intramolecular Hbond substituents is 1. The molecular weight excluding hydrogens is 350 g/mol. The number of ketones is 1. The quantitative estimate of drug-likeness (QED) is 0.786. The first-order valence-corrected chi connectivity index (χ1v) is 9.24. The number of halogens is 1. The molecule has 0 bridgehead atoms. The van der Waals surface area contributed by atoms with E-state index < -0.39 is 0 Å². The molecule has 3 rings (SSSR count). The lowest BCUT2D eigenvalue weighted by atomic mass is 9.88. The molecule has 1 saturated heterocycles. The minimum Gasteiger partial charge on any atom is -0.508 e. The standard InChI is InChI=1S/C21H24ClNO3/c1-14-10-17(22)6-8-19(14)21(25)16-4-3-9-23(13-16)12-15-5-7-18(24)11-20(15)26-2/h5-8,10-11,16,24H,3-4,9,12-13H2,1-2H3/t16-/m0/s1. The molecule has 138 valence electrons. The van der Waals surface area contributed by atoms with E-state index in [0.717, 1.165) is 42.6 Å². The molecule has 2 aromatic rings. The highest BCUT2D eigenvalue weighted by Gasteiger charge is 2.27. The summed E-state index contributed by atoms with van der Waals surface area (Å²) in [7, 11) is 1.60. The van der Waals surface area contributed by atoms with Gasteiger partial charge in [0.1, 0.15) is 11.5 Å². The van der Waals surface area contributed by atoms with Gasteiger partial charge in [-0.1, -0.05) is 17.7 Å². The normalized spacial score (nSPS) is 17.9. The van der Waals surface area contributed by atoms with Crippen molar-refractivity contribution in [3.8, 4) is 11.5 Å². The van der Waals surface area contributed by atoms with Crippen LogP contribution in [0.25, 0.3) is 0 Å². The zero-order valence-corrected chi connectivity index (χ0v) is 15.9. The number of Topliss-reactive ketones (excluding diaryl/α,β-unsaturated/α-hetero) is 1. The second kappa shape index (κ2) is 8.11. The van der Waals surface area contributed by atoms with Gasteiger partial charge >= 0.3 is 0 Å². The van der Waals surface area contributed by atoms with Crippen LogP contribution < -0.4 is 4.74 Å². The van der Waals surface area contributed by atoms with Crippen LogP contribution in [-0.2, 0) is 6.54 Å². The maximum absolute atomic E-state index is 13.0. The summed E-state index contributed by atoms with van der Waals surface area (Å²) < 4.78 is 5.37. The highest BCUT2D eigenvalue weighted by molar-refractivity contribution is 6.30. The van der Waals surface area contributed by atoms with E-state index in [1.54, 1.807) is 25.3 Å². The molecule has 0 radical (unpaired) electrons. The molecule has 5 heteroatoms. The Labute approximate surface area is 159 Å². The number of benzene rings is 2. The molecule has 0 unspecified atom stereocenters. The Morgan fingerprint density at radius 3 is 2.85 bits per heavy atom. The molecule has 1 aliphatic heterocycles. The first-order chi connectivity index (χ1) is 12.5. The van der Waals surface area contributed by atoms with Crippen molar-refractivity contribution in [3.05, 3.63) is 58.1 Å². The fraction of sp³-hybridized carbons (Fsp3) is 0.381. The van der Waals surface area contributed by atoms with Crippen molar-refractivity contribution in [2.45, 2.75) is 26.3 Å². The summed E-state index contributed by atoms with van der Waals surface area (Å²) in [6.07, 6.45) is 1.90. The molecule has 1 atom stereocenters. The lowest BCUT2D eigenvalue weighted by Gasteiger charge is -2.32. The Morgan fingerprint density at radius 2 is 2.12 bits per heavy atom. The molecule has 26 heavy (non-hydrogen) atoms. The van der Waals surface area contributed by atoms with Crippen LogP contribution in [0.15, 0.2) is 36.4 Å². The smallest absolute Gasteiger partial charge is 0.167 e. The molecular formula is C21H24ClNO3. The van der Waals surface area contributed by atoms with E-state index in [2.05, 4.69) is 4.90 Å². The predicted octanol–water partition coefficient (Wildman–Crippen LogP) is 4.46. The van der Waals surface area contributed by atoms with Gasteiger partial charge in [-0.05, 0) is 56.1 Å². The average Bonchev–Trinajstić information content (AvgIpc) is 2.63. The van der Waals surface area contributed by atoms with Gasteiger partial charge in [-0.2, -0.15) is 0 Å². The minimum absolute atomic E-state index is 0.00765. The van der Waals surface area contributed by atoms with Gasteiger partial charge in [0.05, 0.1) is 7.11 Å². The zero-order valence-electron chi connectivity index (χ0n) is 15.2. The van der Waals surface area contributed by atoms with Gasteiger partial charge in [0.25, 0.3) is 0 Å². The molecule has 1 N–H and O–H groups in total. The van der Waals surface area contributed by atoms with Crippen molar-refractivity contribution in [1.82, 2.24) is 4.90 Å². The summed E-state index contributed by atoms with van der Waals surface area (Å²) in [4.78, 5) is 15.3. The van der Waals surface area contributed by atoms with Crippen LogP contribution >= 0.6 is 11.6 Å². The van der Waals surface area contributed by atoms with Crippen molar-refractivity contribution in [2.24, 2.45) is 5.92 Å². The Morgan fingerprint density at radius 1 is 1.31 bits per heavy atom. The van der Waals surface area contributed by atoms with Gasteiger partial charge < -0.3 is 9.84 Å². The lowest BCUT2D eigenvalue weighted by Crippen LogP contribution is -2.38. The number of methoxy groups -OCH3 is 1. The van der Waals surface area contributed by atoms with Gasteiger partial charge in [0.15, 0.2) is 5.78 Å². The molecule has 0 saturated carbocycles. The maximum atomic E-state index is 13.0.